The number of hydrogen-bond donors (Lipinski definition) is 2. The van der Waals surface area contributed by atoms with Gasteiger partial charge in [0.2, 0.25) is 0 Å². The Hall–Kier alpha value is 0.440. The molecule has 12 heteroatoms. The summed E-state index contributed by atoms with van der Waals surface area (Å²) in [6.07, 6.45) is 3.50. The van der Waals surface area contributed by atoms with E-state index in [9.17, 15) is 16.8 Å². The van der Waals surface area contributed by atoms with Crippen molar-refractivity contribution in [2.45, 2.75) is 59.8 Å². The lowest BCUT2D eigenvalue weighted by atomic mass is 9.91. The smallest absolute Gasteiger partial charge is 0.265 e. The average molecular weight is 497 g/mol. The molecule has 0 aliphatic carbocycles. The van der Waals surface area contributed by atoms with Crippen LogP contribution < -0.4 is 0 Å². The summed E-state index contributed by atoms with van der Waals surface area (Å²) in [6.45, 7) is 7.65. The zero-order valence-corrected chi connectivity index (χ0v) is 21.0. The Bertz CT molecular complexity index is 605. The second kappa shape index (κ2) is 14.5. The summed E-state index contributed by atoms with van der Waals surface area (Å²) in [4.78, 5) is 0. The first kappa shape index (κ1) is 29.4. The molecule has 2 unspecified atom stereocenters. The molecule has 0 heterocycles. The van der Waals surface area contributed by atoms with Gasteiger partial charge >= 0.3 is 0 Å². The highest BCUT2D eigenvalue weighted by Gasteiger charge is 2.24. The fourth-order valence-electron chi connectivity index (χ4n) is 2.85. The third kappa shape index (κ3) is 18.9. The van der Waals surface area contributed by atoms with Crippen molar-refractivity contribution in [1.82, 2.24) is 0 Å². The van der Waals surface area contributed by atoms with Gasteiger partial charge in [-0.2, -0.15) is 8.42 Å². The maximum Gasteiger partial charge on any atom is 0.265 e. The van der Waals surface area contributed by atoms with Crippen molar-refractivity contribution in [3.05, 3.63) is 0 Å². The van der Waals surface area contributed by atoms with Crippen LogP contribution in [0.15, 0.2) is 0 Å². The fraction of sp³-hybridized carbons (Fsp3) is 1.00. The predicted octanol–water partition coefficient (Wildman–Crippen LogP) is 3.44. The van der Waals surface area contributed by atoms with Gasteiger partial charge in [-0.3, -0.25) is 13.0 Å². The number of hydrogen-bond acceptors (Lipinski definition) is 8. The Labute approximate surface area is 184 Å². The van der Waals surface area contributed by atoms with E-state index in [1.807, 2.05) is 0 Å². The molecule has 0 aliphatic heterocycles. The molecule has 0 bridgehead atoms. The van der Waals surface area contributed by atoms with Crippen LogP contribution in [0.3, 0.4) is 0 Å². The zero-order valence-electron chi connectivity index (χ0n) is 17.8. The molecule has 0 saturated carbocycles. The number of rotatable bonds is 18. The molecule has 0 saturated heterocycles. The lowest BCUT2D eigenvalue weighted by molar-refractivity contribution is -0.432. The van der Waals surface area contributed by atoms with Crippen LogP contribution in [0.5, 0.6) is 0 Å². The van der Waals surface area contributed by atoms with Crippen LogP contribution in [0.25, 0.3) is 0 Å². The summed E-state index contributed by atoms with van der Waals surface area (Å²) in [6, 6.07) is 0. The first-order valence-electron chi connectivity index (χ1n) is 9.51. The van der Waals surface area contributed by atoms with Gasteiger partial charge in [-0.05, 0) is 42.9 Å². The van der Waals surface area contributed by atoms with Gasteiger partial charge < -0.3 is 0 Å². The summed E-state index contributed by atoms with van der Waals surface area (Å²) >= 11 is 1.02. The van der Waals surface area contributed by atoms with Crippen molar-refractivity contribution in [1.29, 1.82) is 0 Å². The maximum absolute atomic E-state index is 12.1. The van der Waals surface area contributed by atoms with Crippen LogP contribution in [-0.4, -0.2) is 61.2 Å². The molecule has 0 rings (SSSR count). The van der Waals surface area contributed by atoms with Crippen molar-refractivity contribution in [2.75, 3.05) is 34.5 Å². The molecule has 0 aromatic carbocycles. The molecule has 2 N–H and O–H groups in total. The fourth-order valence-corrected chi connectivity index (χ4v) is 6.99. The van der Waals surface area contributed by atoms with Crippen molar-refractivity contribution in [3.8, 4) is 0 Å². The molecular formula is C17H36O8S4. The Morgan fingerprint density at radius 3 is 1.76 bits per heavy atom. The van der Waals surface area contributed by atoms with Crippen LogP contribution in [0.4, 0.5) is 0 Å². The molecule has 2 atom stereocenters. The molecule has 176 valence electrons. The van der Waals surface area contributed by atoms with Gasteiger partial charge in [-0.1, -0.05) is 32.7 Å². The van der Waals surface area contributed by atoms with Gasteiger partial charge in [0, 0.05) is 62.4 Å². The van der Waals surface area contributed by atoms with Crippen LogP contribution in [0, 0.1) is 10.8 Å². The van der Waals surface area contributed by atoms with Gasteiger partial charge in [0.25, 0.3) is 10.1 Å². The molecule has 0 amide bonds. The zero-order chi connectivity index (χ0) is 22.6. The summed E-state index contributed by atoms with van der Waals surface area (Å²) in [7, 11) is -5.97. The van der Waals surface area contributed by atoms with Gasteiger partial charge in [0.15, 0.2) is 0 Å². The van der Waals surface area contributed by atoms with E-state index in [2.05, 4.69) is 23.2 Å². The van der Waals surface area contributed by atoms with Gasteiger partial charge in [-0.15, -0.1) is 4.33 Å². The molecule has 0 spiro atoms. The summed E-state index contributed by atoms with van der Waals surface area (Å²) in [5.41, 5.74) is -0.583. The molecule has 8 nitrogen and oxygen atoms in total. The Morgan fingerprint density at radius 2 is 1.31 bits per heavy atom. The van der Waals surface area contributed by atoms with Crippen LogP contribution in [0.2, 0.25) is 0 Å². The average Bonchev–Trinajstić information content (AvgIpc) is 2.52. The van der Waals surface area contributed by atoms with Crippen LogP contribution in [-0.2, 0) is 41.1 Å². The largest absolute Gasteiger partial charge is 0.286 e. The highest BCUT2D eigenvalue weighted by atomic mass is 32.2. The normalized spacial score (nSPS) is 15.4. The molecule has 0 fully saturated rings. The summed E-state index contributed by atoms with van der Waals surface area (Å²) in [5, 5.41) is 11.7. The lowest BCUT2D eigenvalue weighted by Crippen LogP contribution is -2.24. The third-order valence-corrected chi connectivity index (χ3v) is 9.48. The second-order valence-electron chi connectivity index (χ2n) is 8.72. The monoisotopic (exact) mass is 496 g/mol. The van der Waals surface area contributed by atoms with E-state index in [1.54, 1.807) is 13.8 Å². The topological polar surface area (TPSA) is 127 Å². The minimum Gasteiger partial charge on any atom is -0.286 e. The molecule has 0 aromatic rings. The standard InChI is InChI=1S/C17H36O8S4/c1-16(2,14-26-25-24-18)8-5-10-27(19)12-7-13-28(20)11-6-9-17(3,4)15-29(21,22)23/h18H,5-15H2,1-4H3,(H,21,22,23). The van der Waals surface area contributed by atoms with Crippen molar-refractivity contribution in [3.63, 3.8) is 0 Å². The molecule has 29 heavy (non-hydrogen) atoms. The van der Waals surface area contributed by atoms with E-state index in [1.165, 1.54) is 0 Å². The first-order chi connectivity index (χ1) is 13.3. The van der Waals surface area contributed by atoms with Gasteiger partial charge in [0.1, 0.15) is 0 Å². The van der Waals surface area contributed by atoms with E-state index in [4.69, 9.17) is 9.81 Å². The SMILES string of the molecule is CC(C)(CCCS(=O)CCCS(=O)CCCC(C)(C)CS(=O)(=O)O)CSOOO. The lowest BCUT2D eigenvalue weighted by Gasteiger charge is -2.22. The molecule has 0 aromatic heterocycles. The van der Waals surface area contributed by atoms with E-state index < -0.39 is 37.1 Å². The van der Waals surface area contributed by atoms with Gasteiger partial charge in [0.05, 0.1) is 5.75 Å². The first-order valence-corrected chi connectivity index (χ1v) is 15.0. The van der Waals surface area contributed by atoms with Crippen LogP contribution in [0.1, 0.15) is 59.8 Å². The Kier molecular flexibility index (Phi) is 14.7. The van der Waals surface area contributed by atoms with Crippen molar-refractivity contribution >= 4 is 43.8 Å². The van der Waals surface area contributed by atoms with Gasteiger partial charge in [-0.25, -0.2) is 5.26 Å². The van der Waals surface area contributed by atoms with E-state index in [0.717, 1.165) is 24.9 Å². The summed E-state index contributed by atoms with van der Waals surface area (Å²) in [5.74, 6) is 2.43. The van der Waals surface area contributed by atoms with E-state index in [0.29, 0.717) is 48.0 Å². The minimum absolute atomic E-state index is 0.0297. The van der Waals surface area contributed by atoms with Crippen molar-refractivity contribution in [2.24, 2.45) is 10.8 Å². The predicted molar refractivity (Wildman–Crippen MR) is 120 cm³/mol. The van der Waals surface area contributed by atoms with Crippen molar-refractivity contribution < 1.29 is 36.0 Å². The maximum atomic E-state index is 12.1. The van der Waals surface area contributed by atoms with E-state index in [-0.39, 0.29) is 11.2 Å². The molecule has 0 radical (unpaired) electrons. The molecule has 0 aliphatic rings. The second-order valence-corrected chi connectivity index (χ2v) is 14.2. The third-order valence-electron chi connectivity index (χ3n) is 4.30. The van der Waals surface area contributed by atoms with E-state index >= 15 is 0 Å². The Balaban J connectivity index is 3.89. The highest BCUT2D eigenvalue weighted by Crippen LogP contribution is 2.28. The quantitative estimate of drug-likeness (QED) is 0.0964. The summed E-state index contributed by atoms with van der Waals surface area (Å²) < 4.78 is 59.5. The Morgan fingerprint density at radius 1 is 0.862 bits per heavy atom. The van der Waals surface area contributed by atoms with Crippen LogP contribution >= 0.6 is 12.0 Å². The minimum atomic E-state index is -4.01. The molecular weight excluding hydrogens is 460 g/mol. The highest BCUT2D eigenvalue weighted by molar-refractivity contribution is 7.94.